The fraction of sp³-hybridized carbons (Fsp3) is 0.600. The molecule has 0 spiro atoms. The molecule has 0 aromatic heterocycles. The summed E-state index contributed by atoms with van der Waals surface area (Å²) in [6.07, 6.45) is -0.592. The summed E-state index contributed by atoms with van der Waals surface area (Å²) < 4.78 is 16.1. The van der Waals surface area contributed by atoms with E-state index >= 15 is 0 Å². The maximum atomic E-state index is 9.80. The molecule has 1 aromatic carbocycles. The highest BCUT2D eigenvalue weighted by molar-refractivity contribution is 5.42. The molecule has 0 saturated carbocycles. The van der Waals surface area contributed by atoms with E-state index in [1.807, 2.05) is 32.9 Å². The highest BCUT2D eigenvalue weighted by Crippen LogP contribution is 2.28. The van der Waals surface area contributed by atoms with Crippen molar-refractivity contribution in [1.82, 2.24) is 0 Å². The van der Waals surface area contributed by atoms with Gasteiger partial charge in [-0.1, -0.05) is 6.07 Å². The maximum absolute atomic E-state index is 9.80. The van der Waals surface area contributed by atoms with Crippen molar-refractivity contribution in [2.45, 2.75) is 39.0 Å². The Labute approximate surface area is 120 Å². The molecule has 0 aliphatic heterocycles. The second-order valence-electron chi connectivity index (χ2n) is 5.04. The predicted molar refractivity (Wildman–Crippen MR) is 78.2 cm³/mol. The van der Waals surface area contributed by atoms with Crippen LogP contribution in [-0.4, -0.2) is 37.6 Å². The standard InChI is InChI=1S/C15H25NO4/c1-10(2)19-8-12(17)9-20-15-7-13(18-4)5-6-14(15)11(3)16/h5-7,10-12,17H,8-9,16H2,1-4H3. The molecule has 114 valence electrons. The van der Waals surface area contributed by atoms with E-state index in [0.717, 1.165) is 5.56 Å². The lowest BCUT2D eigenvalue weighted by Crippen LogP contribution is -2.25. The number of rotatable bonds is 8. The predicted octanol–water partition coefficient (Wildman–Crippen LogP) is 1.88. The number of ether oxygens (including phenoxy) is 3. The van der Waals surface area contributed by atoms with Crippen molar-refractivity contribution in [1.29, 1.82) is 0 Å². The first-order chi connectivity index (χ1) is 9.43. The normalized spacial score (nSPS) is 14.2. The molecule has 0 aliphatic carbocycles. The number of methoxy groups -OCH3 is 1. The molecular formula is C15H25NO4. The summed E-state index contributed by atoms with van der Waals surface area (Å²) in [7, 11) is 1.59. The Balaban J connectivity index is 2.65. The van der Waals surface area contributed by atoms with Crippen molar-refractivity contribution in [3.63, 3.8) is 0 Å². The first-order valence-corrected chi connectivity index (χ1v) is 6.80. The zero-order valence-corrected chi connectivity index (χ0v) is 12.6. The van der Waals surface area contributed by atoms with Gasteiger partial charge in [-0.2, -0.15) is 0 Å². The van der Waals surface area contributed by atoms with E-state index < -0.39 is 6.10 Å². The van der Waals surface area contributed by atoms with Crippen LogP contribution in [0.15, 0.2) is 18.2 Å². The smallest absolute Gasteiger partial charge is 0.127 e. The van der Waals surface area contributed by atoms with Crippen LogP contribution in [0.25, 0.3) is 0 Å². The van der Waals surface area contributed by atoms with Gasteiger partial charge in [0.1, 0.15) is 24.2 Å². The first-order valence-electron chi connectivity index (χ1n) is 6.80. The fourth-order valence-electron chi connectivity index (χ4n) is 1.68. The zero-order valence-electron chi connectivity index (χ0n) is 12.6. The Hall–Kier alpha value is -1.30. The number of hydrogen-bond donors (Lipinski definition) is 2. The van der Waals surface area contributed by atoms with E-state index in [2.05, 4.69) is 0 Å². The second-order valence-corrected chi connectivity index (χ2v) is 5.04. The quantitative estimate of drug-likeness (QED) is 0.762. The van der Waals surface area contributed by atoms with Gasteiger partial charge in [-0.25, -0.2) is 0 Å². The summed E-state index contributed by atoms with van der Waals surface area (Å²) >= 11 is 0. The van der Waals surface area contributed by atoms with Crippen LogP contribution in [-0.2, 0) is 4.74 Å². The highest BCUT2D eigenvalue weighted by atomic mass is 16.5. The van der Waals surface area contributed by atoms with Crippen LogP contribution in [0.3, 0.4) is 0 Å². The molecule has 20 heavy (non-hydrogen) atoms. The number of hydrogen-bond acceptors (Lipinski definition) is 5. The van der Waals surface area contributed by atoms with Gasteiger partial charge in [-0.05, 0) is 26.8 Å². The van der Waals surface area contributed by atoms with E-state index in [-0.39, 0.29) is 25.4 Å². The summed E-state index contributed by atoms with van der Waals surface area (Å²) in [5.74, 6) is 1.32. The van der Waals surface area contributed by atoms with Gasteiger partial charge < -0.3 is 25.1 Å². The first kappa shape index (κ1) is 16.8. The number of aliphatic hydroxyl groups is 1. The van der Waals surface area contributed by atoms with Crippen molar-refractivity contribution in [3.05, 3.63) is 23.8 Å². The van der Waals surface area contributed by atoms with Crippen LogP contribution in [0, 0.1) is 0 Å². The second kappa shape index (κ2) is 8.09. The van der Waals surface area contributed by atoms with Crippen molar-refractivity contribution in [2.24, 2.45) is 5.73 Å². The zero-order chi connectivity index (χ0) is 15.1. The molecule has 1 aromatic rings. The Morgan fingerprint density at radius 2 is 1.90 bits per heavy atom. The molecule has 0 fully saturated rings. The van der Waals surface area contributed by atoms with Gasteiger partial charge >= 0.3 is 0 Å². The third kappa shape index (κ3) is 5.36. The van der Waals surface area contributed by atoms with Gasteiger partial charge in [0.2, 0.25) is 0 Å². The lowest BCUT2D eigenvalue weighted by atomic mass is 10.1. The van der Waals surface area contributed by atoms with Gasteiger partial charge in [0.15, 0.2) is 0 Å². The van der Waals surface area contributed by atoms with Gasteiger partial charge in [-0.15, -0.1) is 0 Å². The van der Waals surface area contributed by atoms with E-state index in [0.29, 0.717) is 11.5 Å². The largest absolute Gasteiger partial charge is 0.497 e. The fourth-order valence-corrected chi connectivity index (χ4v) is 1.68. The van der Waals surface area contributed by atoms with Crippen LogP contribution in [0.2, 0.25) is 0 Å². The molecule has 2 unspecified atom stereocenters. The van der Waals surface area contributed by atoms with Gasteiger partial charge in [0.05, 0.1) is 19.8 Å². The van der Waals surface area contributed by atoms with Gasteiger partial charge in [0.25, 0.3) is 0 Å². The van der Waals surface area contributed by atoms with Crippen LogP contribution < -0.4 is 15.2 Å². The molecular weight excluding hydrogens is 258 g/mol. The minimum absolute atomic E-state index is 0.0843. The molecule has 0 heterocycles. The molecule has 0 aliphatic rings. The molecule has 1 rings (SSSR count). The van der Waals surface area contributed by atoms with Crippen molar-refractivity contribution < 1.29 is 19.3 Å². The molecule has 0 amide bonds. The Morgan fingerprint density at radius 3 is 2.45 bits per heavy atom. The number of aliphatic hydroxyl groups excluding tert-OH is 1. The SMILES string of the molecule is COc1ccc(C(C)N)c(OCC(O)COC(C)C)c1. The van der Waals surface area contributed by atoms with Crippen LogP contribution in [0.4, 0.5) is 0 Å². The van der Waals surface area contributed by atoms with Gasteiger partial charge in [0, 0.05) is 17.7 Å². The Bertz CT molecular complexity index is 407. The average molecular weight is 283 g/mol. The maximum Gasteiger partial charge on any atom is 0.127 e. The van der Waals surface area contributed by atoms with Crippen molar-refractivity contribution in [3.8, 4) is 11.5 Å². The number of nitrogens with two attached hydrogens (primary N) is 1. The van der Waals surface area contributed by atoms with Crippen molar-refractivity contribution >= 4 is 0 Å². The minimum Gasteiger partial charge on any atom is -0.497 e. The lowest BCUT2D eigenvalue weighted by molar-refractivity contribution is -0.0124. The Kier molecular flexibility index (Phi) is 6.78. The Morgan fingerprint density at radius 1 is 1.20 bits per heavy atom. The van der Waals surface area contributed by atoms with E-state index in [4.69, 9.17) is 19.9 Å². The van der Waals surface area contributed by atoms with E-state index in [1.165, 1.54) is 0 Å². The summed E-state index contributed by atoms with van der Waals surface area (Å²) in [4.78, 5) is 0. The third-order valence-corrected chi connectivity index (χ3v) is 2.76. The highest BCUT2D eigenvalue weighted by Gasteiger charge is 2.12. The monoisotopic (exact) mass is 283 g/mol. The third-order valence-electron chi connectivity index (χ3n) is 2.76. The summed E-state index contributed by atoms with van der Waals surface area (Å²) in [6, 6.07) is 5.33. The van der Waals surface area contributed by atoms with Crippen LogP contribution >= 0.6 is 0 Å². The molecule has 0 bridgehead atoms. The molecule has 3 N–H and O–H groups in total. The van der Waals surface area contributed by atoms with E-state index in [9.17, 15) is 5.11 Å². The van der Waals surface area contributed by atoms with Crippen molar-refractivity contribution in [2.75, 3.05) is 20.3 Å². The molecule has 0 radical (unpaired) electrons. The molecule has 2 atom stereocenters. The summed E-state index contributed by atoms with van der Waals surface area (Å²) in [5, 5.41) is 9.80. The van der Waals surface area contributed by atoms with E-state index in [1.54, 1.807) is 13.2 Å². The molecule has 5 nitrogen and oxygen atoms in total. The minimum atomic E-state index is -0.676. The van der Waals surface area contributed by atoms with Crippen LogP contribution in [0.5, 0.6) is 11.5 Å². The van der Waals surface area contributed by atoms with Crippen LogP contribution in [0.1, 0.15) is 32.4 Å². The average Bonchev–Trinajstić information content (AvgIpc) is 2.42. The van der Waals surface area contributed by atoms with Gasteiger partial charge in [-0.3, -0.25) is 0 Å². The summed E-state index contributed by atoms with van der Waals surface area (Å²) in [6.45, 7) is 6.12. The lowest BCUT2D eigenvalue weighted by Gasteiger charge is -2.18. The molecule has 0 saturated heterocycles. The summed E-state index contributed by atoms with van der Waals surface area (Å²) in [5.41, 5.74) is 6.78. The molecule has 5 heteroatoms. The number of benzene rings is 1. The topological polar surface area (TPSA) is 73.9 Å².